The van der Waals surface area contributed by atoms with Gasteiger partial charge in [-0.15, -0.1) is 0 Å². The Balaban J connectivity index is 0. The minimum absolute atomic E-state index is 1.11. The van der Waals surface area contributed by atoms with E-state index >= 15 is 0 Å². The van der Waals surface area contributed by atoms with Gasteiger partial charge in [-0.3, -0.25) is 0 Å². The monoisotopic (exact) mass is 239 g/mol. The molecule has 0 heterocycles. The van der Waals surface area contributed by atoms with Crippen molar-refractivity contribution in [1.29, 1.82) is 5.26 Å². The van der Waals surface area contributed by atoms with Crippen molar-refractivity contribution in [3.8, 4) is 6.07 Å². The second-order valence-corrected chi connectivity index (χ2v) is 3.03. The quantitative estimate of drug-likeness (QED) is 0.527. The first kappa shape index (κ1) is 18.0. The standard InChI is InChI=1S/C10H12.C4H6.C3H3N/c1-2-3-7-10-8-5-4-6-9-10;1-3-4-2;1-2-3-4/h3-9H,2H2,1H3;3-4H,1-2H2;2H,1H2. The molecule has 0 amide bonds. The van der Waals surface area contributed by atoms with Crippen molar-refractivity contribution in [2.75, 3.05) is 0 Å². The van der Waals surface area contributed by atoms with E-state index in [2.05, 4.69) is 63.1 Å². The van der Waals surface area contributed by atoms with Crippen LogP contribution in [0.2, 0.25) is 0 Å². The van der Waals surface area contributed by atoms with Gasteiger partial charge in [0.05, 0.1) is 6.07 Å². The Labute approximate surface area is 111 Å². The lowest BCUT2D eigenvalue weighted by Crippen LogP contribution is -1.66. The number of hydrogen-bond donors (Lipinski definition) is 0. The Bertz CT molecular complexity index is 374. The number of nitrogens with zero attached hydrogens (tertiary/aromatic N) is 1. The molecule has 0 aliphatic heterocycles. The van der Waals surface area contributed by atoms with Gasteiger partial charge < -0.3 is 0 Å². The Hall–Kier alpha value is -2.33. The van der Waals surface area contributed by atoms with Crippen molar-refractivity contribution in [1.82, 2.24) is 0 Å². The second-order valence-electron chi connectivity index (χ2n) is 3.03. The average Bonchev–Trinajstić information content (AvgIpc) is 2.46. The molecule has 0 aromatic heterocycles. The minimum atomic E-state index is 1.11. The van der Waals surface area contributed by atoms with E-state index in [0.717, 1.165) is 6.42 Å². The topological polar surface area (TPSA) is 23.8 Å². The lowest BCUT2D eigenvalue weighted by atomic mass is 10.2. The van der Waals surface area contributed by atoms with Gasteiger partial charge in [-0.1, -0.05) is 81.3 Å². The van der Waals surface area contributed by atoms with Crippen molar-refractivity contribution in [3.05, 3.63) is 79.9 Å². The van der Waals surface area contributed by atoms with Crippen LogP contribution >= 0.6 is 0 Å². The molecular weight excluding hydrogens is 218 g/mol. The van der Waals surface area contributed by atoms with E-state index in [1.807, 2.05) is 6.07 Å². The van der Waals surface area contributed by atoms with Crippen molar-refractivity contribution in [2.45, 2.75) is 13.3 Å². The van der Waals surface area contributed by atoms with Gasteiger partial charge in [-0.25, -0.2) is 0 Å². The zero-order valence-corrected chi connectivity index (χ0v) is 11.0. The molecule has 1 aromatic rings. The average molecular weight is 239 g/mol. The Kier molecular flexibility index (Phi) is 17.1. The van der Waals surface area contributed by atoms with Crippen LogP contribution in [0.4, 0.5) is 0 Å². The zero-order valence-electron chi connectivity index (χ0n) is 11.0. The second kappa shape index (κ2) is 17.1. The zero-order chi connectivity index (χ0) is 14.1. The molecule has 0 atom stereocenters. The number of benzene rings is 1. The molecule has 1 rings (SSSR count). The SMILES string of the molecule is C=CC#N.C=CC=C.CCC=Cc1ccccc1. The Morgan fingerprint density at radius 2 is 1.61 bits per heavy atom. The van der Waals surface area contributed by atoms with Gasteiger partial charge in [-0.2, -0.15) is 5.26 Å². The maximum absolute atomic E-state index is 7.51. The summed E-state index contributed by atoms with van der Waals surface area (Å²) in [5.41, 5.74) is 1.28. The van der Waals surface area contributed by atoms with Crippen LogP contribution < -0.4 is 0 Å². The molecule has 0 saturated heterocycles. The highest BCUT2D eigenvalue weighted by Gasteiger charge is 1.78. The molecule has 0 spiro atoms. The molecule has 0 saturated carbocycles. The van der Waals surface area contributed by atoms with Gasteiger partial charge in [0.2, 0.25) is 0 Å². The molecule has 0 radical (unpaired) electrons. The van der Waals surface area contributed by atoms with Crippen LogP contribution in [0, 0.1) is 11.3 Å². The van der Waals surface area contributed by atoms with Crippen LogP contribution in [-0.2, 0) is 0 Å². The predicted molar refractivity (Wildman–Crippen MR) is 82.0 cm³/mol. The summed E-state index contributed by atoms with van der Waals surface area (Å²) < 4.78 is 0. The first-order valence-electron chi connectivity index (χ1n) is 5.72. The number of rotatable bonds is 3. The van der Waals surface area contributed by atoms with Gasteiger partial charge in [-0.05, 0) is 12.0 Å². The smallest absolute Gasteiger partial charge is 0.0905 e. The van der Waals surface area contributed by atoms with E-state index in [1.54, 1.807) is 18.2 Å². The highest BCUT2D eigenvalue weighted by atomic mass is 14.2. The Morgan fingerprint density at radius 3 is 1.94 bits per heavy atom. The van der Waals surface area contributed by atoms with E-state index in [4.69, 9.17) is 5.26 Å². The highest BCUT2D eigenvalue weighted by molar-refractivity contribution is 5.48. The van der Waals surface area contributed by atoms with Crippen molar-refractivity contribution < 1.29 is 0 Å². The molecule has 0 fully saturated rings. The third-order valence-electron chi connectivity index (χ3n) is 1.60. The van der Waals surface area contributed by atoms with Crippen LogP contribution in [-0.4, -0.2) is 0 Å². The fourth-order valence-electron chi connectivity index (χ4n) is 0.818. The third-order valence-corrected chi connectivity index (χ3v) is 1.60. The van der Waals surface area contributed by atoms with Gasteiger partial charge >= 0.3 is 0 Å². The molecule has 94 valence electrons. The fraction of sp³-hybridized carbons (Fsp3) is 0.118. The lowest BCUT2D eigenvalue weighted by Gasteiger charge is -1.88. The van der Waals surface area contributed by atoms with E-state index in [9.17, 15) is 0 Å². The predicted octanol–water partition coefficient (Wildman–Crippen LogP) is 5.16. The lowest BCUT2D eigenvalue weighted by molar-refractivity contribution is 1.23. The molecule has 0 unspecified atom stereocenters. The van der Waals surface area contributed by atoms with Crippen LogP contribution in [0.5, 0.6) is 0 Å². The summed E-state index contributed by atoms with van der Waals surface area (Å²) in [6.07, 6.45) is 9.87. The van der Waals surface area contributed by atoms with Crippen LogP contribution in [0.1, 0.15) is 18.9 Å². The molecule has 1 nitrogen and oxygen atoms in total. The first-order chi connectivity index (χ1) is 8.76. The van der Waals surface area contributed by atoms with Gasteiger partial charge in [0, 0.05) is 6.08 Å². The molecule has 18 heavy (non-hydrogen) atoms. The van der Waals surface area contributed by atoms with Crippen molar-refractivity contribution >= 4 is 6.08 Å². The summed E-state index contributed by atoms with van der Waals surface area (Å²) in [6, 6.07) is 12.0. The molecule has 0 N–H and O–H groups in total. The van der Waals surface area contributed by atoms with Crippen LogP contribution in [0.15, 0.2) is 74.4 Å². The third kappa shape index (κ3) is 16.1. The molecule has 0 aliphatic rings. The Morgan fingerprint density at radius 1 is 1.11 bits per heavy atom. The first-order valence-corrected chi connectivity index (χ1v) is 5.72. The normalized spacial score (nSPS) is 7.78. The van der Waals surface area contributed by atoms with Crippen LogP contribution in [0.25, 0.3) is 6.08 Å². The van der Waals surface area contributed by atoms with Gasteiger partial charge in [0.25, 0.3) is 0 Å². The number of hydrogen-bond acceptors (Lipinski definition) is 1. The number of nitriles is 1. The van der Waals surface area contributed by atoms with E-state index in [-0.39, 0.29) is 0 Å². The number of allylic oxidation sites excluding steroid dienone is 4. The summed E-state index contributed by atoms with van der Waals surface area (Å²) in [5.74, 6) is 0. The van der Waals surface area contributed by atoms with Crippen LogP contribution in [0.3, 0.4) is 0 Å². The summed E-state index contributed by atoms with van der Waals surface area (Å²) >= 11 is 0. The van der Waals surface area contributed by atoms with Crippen molar-refractivity contribution in [3.63, 3.8) is 0 Å². The maximum atomic E-state index is 7.51. The summed E-state index contributed by atoms with van der Waals surface area (Å²) in [5, 5.41) is 7.51. The molecule has 0 bridgehead atoms. The summed E-state index contributed by atoms with van der Waals surface area (Å²) in [4.78, 5) is 0. The summed E-state index contributed by atoms with van der Waals surface area (Å²) in [6.45, 7) is 12.0. The highest BCUT2D eigenvalue weighted by Crippen LogP contribution is 2.00. The van der Waals surface area contributed by atoms with Gasteiger partial charge in [0.1, 0.15) is 0 Å². The van der Waals surface area contributed by atoms with E-state index in [0.29, 0.717) is 0 Å². The van der Waals surface area contributed by atoms with E-state index in [1.165, 1.54) is 11.6 Å². The van der Waals surface area contributed by atoms with Gasteiger partial charge in [0.15, 0.2) is 0 Å². The molecule has 1 aromatic carbocycles. The maximum Gasteiger partial charge on any atom is 0.0905 e. The van der Waals surface area contributed by atoms with E-state index < -0.39 is 0 Å². The fourth-order valence-corrected chi connectivity index (χ4v) is 0.818. The molecule has 1 heteroatoms. The summed E-state index contributed by atoms with van der Waals surface area (Å²) in [7, 11) is 0. The molecule has 0 aliphatic carbocycles. The largest absolute Gasteiger partial charge is 0.193 e. The minimum Gasteiger partial charge on any atom is -0.193 e. The molecular formula is C17H21N. The van der Waals surface area contributed by atoms with Crippen molar-refractivity contribution in [2.24, 2.45) is 0 Å².